The third kappa shape index (κ3) is 3.62. The molecule has 0 N–H and O–H groups in total. The Morgan fingerprint density at radius 1 is 1.00 bits per heavy atom. The molecule has 1 unspecified atom stereocenters. The summed E-state index contributed by atoms with van der Waals surface area (Å²) < 4.78 is 64.9. The molecule has 1 heterocycles. The highest BCUT2D eigenvalue weighted by Crippen LogP contribution is 2.37. The van der Waals surface area contributed by atoms with Gasteiger partial charge in [-0.1, -0.05) is 61.5 Å². The zero-order valence-electron chi connectivity index (χ0n) is 14.6. The lowest BCUT2D eigenvalue weighted by Gasteiger charge is -2.24. The van der Waals surface area contributed by atoms with Gasteiger partial charge in [0.2, 0.25) is 0 Å². The zero-order chi connectivity index (χ0) is 19.8. The van der Waals surface area contributed by atoms with Crippen molar-refractivity contribution in [1.82, 2.24) is 0 Å². The lowest BCUT2D eigenvalue weighted by atomic mass is 9.94. The maximum Gasteiger partial charge on any atom is 0.518 e. The smallest absolute Gasteiger partial charge is 0.331 e. The summed E-state index contributed by atoms with van der Waals surface area (Å²) in [6.45, 7) is 1.62. The number of fused-ring (bicyclic) bond motifs is 1. The number of amidine groups is 1. The topological polar surface area (TPSA) is 49.7 Å². The molecule has 27 heavy (non-hydrogen) atoms. The molecule has 0 aromatic heterocycles. The van der Waals surface area contributed by atoms with E-state index < -0.39 is 21.4 Å². The van der Waals surface area contributed by atoms with Gasteiger partial charge in [-0.15, -0.1) is 4.40 Å². The molecular formula is C19H17F3N2O2S. The third-order valence-electron chi connectivity index (χ3n) is 4.31. The largest absolute Gasteiger partial charge is 0.518 e. The maximum absolute atomic E-state index is 12.9. The highest BCUT2D eigenvalue weighted by atomic mass is 32.2. The summed E-state index contributed by atoms with van der Waals surface area (Å²) in [5.41, 5.74) is -2.40. The number of hydrogen-bond donors (Lipinski definition) is 0. The SMILES string of the molecule is CC1C=C(c2ccccc2)c2ccccc2N(C)/C1=N/S(=O)(=O)C(F)(F)F. The summed E-state index contributed by atoms with van der Waals surface area (Å²) in [6.07, 6.45) is 1.74. The van der Waals surface area contributed by atoms with Gasteiger partial charge in [0.1, 0.15) is 5.84 Å². The van der Waals surface area contributed by atoms with Crippen molar-refractivity contribution in [2.24, 2.45) is 10.3 Å². The Hall–Kier alpha value is -2.61. The van der Waals surface area contributed by atoms with Gasteiger partial charge in [-0.25, -0.2) is 0 Å². The number of halogens is 3. The van der Waals surface area contributed by atoms with E-state index >= 15 is 0 Å². The minimum absolute atomic E-state index is 0.189. The minimum atomic E-state index is -5.65. The summed E-state index contributed by atoms with van der Waals surface area (Å²) in [7, 11) is -4.13. The van der Waals surface area contributed by atoms with Gasteiger partial charge in [-0.05, 0) is 17.2 Å². The number of rotatable bonds is 2. The number of alkyl halides is 3. The molecule has 1 atom stereocenters. The molecule has 2 aromatic carbocycles. The molecule has 0 amide bonds. The molecule has 0 bridgehead atoms. The fourth-order valence-corrected chi connectivity index (χ4v) is 3.66. The Kier molecular flexibility index (Phi) is 4.86. The molecule has 0 saturated heterocycles. The van der Waals surface area contributed by atoms with E-state index in [1.165, 1.54) is 11.9 Å². The van der Waals surface area contributed by atoms with Crippen LogP contribution in [0.25, 0.3) is 5.57 Å². The average Bonchev–Trinajstić information content (AvgIpc) is 2.72. The number of nitrogens with zero attached hydrogens (tertiary/aromatic N) is 2. The first kappa shape index (κ1) is 19.2. The van der Waals surface area contributed by atoms with Crippen LogP contribution in [0.4, 0.5) is 18.9 Å². The molecular weight excluding hydrogens is 377 g/mol. The Morgan fingerprint density at radius 2 is 1.59 bits per heavy atom. The van der Waals surface area contributed by atoms with Crippen LogP contribution in [0.15, 0.2) is 65.1 Å². The van der Waals surface area contributed by atoms with Crippen LogP contribution in [0.5, 0.6) is 0 Å². The molecule has 0 radical (unpaired) electrons. The predicted octanol–water partition coefficient (Wildman–Crippen LogP) is 4.45. The Bertz CT molecular complexity index is 1010. The molecule has 3 rings (SSSR count). The summed E-state index contributed by atoms with van der Waals surface area (Å²) in [6, 6.07) is 16.5. The third-order valence-corrected chi connectivity index (χ3v) is 5.33. The van der Waals surface area contributed by atoms with Crippen LogP contribution >= 0.6 is 0 Å². The standard InChI is InChI=1S/C19H17F3N2O2S/c1-13-12-16(14-8-4-3-5-9-14)15-10-6-7-11-17(15)24(2)18(13)23-27(25,26)19(20,21)22/h3-13H,1-2H3/b23-18+. The number of sulfonamides is 1. The lowest BCUT2D eigenvalue weighted by Crippen LogP contribution is -2.33. The van der Waals surface area contributed by atoms with Crippen LogP contribution in [0.2, 0.25) is 0 Å². The van der Waals surface area contributed by atoms with Crippen LogP contribution in [0.1, 0.15) is 18.1 Å². The fourth-order valence-electron chi connectivity index (χ4n) is 3.03. The van der Waals surface area contributed by atoms with E-state index in [9.17, 15) is 21.6 Å². The molecule has 0 spiro atoms. The predicted molar refractivity (Wildman–Crippen MR) is 99.9 cm³/mol. The molecule has 4 nitrogen and oxygen atoms in total. The van der Waals surface area contributed by atoms with E-state index in [0.29, 0.717) is 5.69 Å². The van der Waals surface area contributed by atoms with E-state index in [4.69, 9.17) is 0 Å². The highest BCUT2D eigenvalue weighted by molar-refractivity contribution is 7.91. The monoisotopic (exact) mass is 394 g/mol. The molecule has 142 valence electrons. The molecule has 2 aromatic rings. The second-order valence-corrected chi connectivity index (χ2v) is 7.78. The van der Waals surface area contributed by atoms with Crippen LogP contribution < -0.4 is 4.90 Å². The van der Waals surface area contributed by atoms with Gasteiger partial charge in [0, 0.05) is 24.2 Å². The summed E-state index contributed by atoms with van der Waals surface area (Å²) >= 11 is 0. The van der Waals surface area contributed by atoms with Gasteiger partial charge < -0.3 is 4.90 Å². The van der Waals surface area contributed by atoms with Crippen molar-refractivity contribution in [1.29, 1.82) is 0 Å². The molecule has 8 heteroatoms. The second-order valence-electron chi connectivity index (χ2n) is 6.18. The van der Waals surface area contributed by atoms with Crippen LogP contribution in [0.3, 0.4) is 0 Å². The Labute approximate surface area is 155 Å². The van der Waals surface area contributed by atoms with E-state index in [-0.39, 0.29) is 5.84 Å². The first-order valence-electron chi connectivity index (χ1n) is 8.13. The normalized spacial score (nSPS) is 19.4. The lowest BCUT2D eigenvalue weighted by molar-refractivity contribution is -0.0435. The van der Waals surface area contributed by atoms with Gasteiger partial charge in [-0.2, -0.15) is 21.6 Å². The minimum Gasteiger partial charge on any atom is -0.331 e. The van der Waals surface area contributed by atoms with E-state index in [0.717, 1.165) is 16.7 Å². The van der Waals surface area contributed by atoms with Crippen molar-refractivity contribution in [3.8, 4) is 0 Å². The van der Waals surface area contributed by atoms with Crippen molar-refractivity contribution in [3.05, 3.63) is 71.8 Å². The molecule has 1 aliphatic heterocycles. The molecule has 0 fully saturated rings. The number of hydrogen-bond acceptors (Lipinski definition) is 2. The van der Waals surface area contributed by atoms with E-state index in [1.807, 2.05) is 42.5 Å². The summed E-state index contributed by atoms with van der Waals surface area (Å²) in [4.78, 5) is 1.40. The Balaban J connectivity index is 2.24. The van der Waals surface area contributed by atoms with Gasteiger partial charge in [0.05, 0.1) is 0 Å². The maximum atomic E-state index is 12.9. The first-order valence-corrected chi connectivity index (χ1v) is 9.57. The van der Waals surface area contributed by atoms with Gasteiger partial charge in [0.15, 0.2) is 0 Å². The van der Waals surface area contributed by atoms with Crippen molar-refractivity contribution in [2.75, 3.05) is 11.9 Å². The number of anilines is 1. The van der Waals surface area contributed by atoms with Crippen LogP contribution in [0, 0.1) is 5.92 Å². The van der Waals surface area contributed by atoms with Crippen molar-refractivity contribution in [2.45, 2.75) is 12.4 Å². The fraction of sp³-hybridized carbons (Fsp3) is 0.211. The van der Waals surface area contributed by atoms with E-state index in [1.54, 1.807) is 25.1 Å². The molecule has 0 saturated carbocycles. The number of benzene rings is 2. The summed E-state index contributed by atoms with van der Waals surface area (Å²) in [5, 5.41) is 0. The average molecular weight is 394 g/mol. The van der Waals surface area contributed by atoms with E-state index in [2.05, 4.69) is 4.40 Å². The van der Waals surface area contributed by atoms with Crippen molar-refractivity contribution in [3.63, 3.8) is 0 Å². The van der Waals surface area contributed by atoms with Crippen molar-refractivity contribution >= 4 is 27.1 Å². The Morgan fingerprint density at radius 3 is 2.22 bits per heavy atom. The number of para-hydroxylation sites is 1. The van der Waals surface area contributed by atoms with Crippen molar-refractivity contribution < 1.29 is 21.6 Å². The van der Waals surface area contributed by atoms with Crippen LogP contribution in [-0.2, 0) is 10.0 Å². The van der Waals surface area contributed by atoms with Gasteiger partial charge in [0.25, 0.3) is 0 Å². The van der Waals surface area contributed by atoms with Crippen LogP contribution in [-0.4, -0.2) is 26.8 Å². The first-order chi connectivity index (χ1) is 12.6. The molecule has 0 aliphatic carbocycles. The second kappa shape index (κ2) is 6.84. The van der Waals surface area contributed by atoms with Gasteiger partial charge in [-0.3, -0.25) is 0 Å². The summed E-state index contributed by atoms with van der Waals surface area (Å²) in [5.74, 6) is -0.847. The highest BCUT2D eigenvalue weighted by Gasteiger charge is 2.47. The zero-order valence-corrected chi connectivity index (χ0v) is 15.4. The molecule has 1 aliphatic rings. The van der Waals surface area contributed by atoms with Gasteiger partial charge >= 0.3 is 15.5 Å². The quantitative estimate of drug-likeness (QED) is 0.756.